The topological polar surface area (TPSA) is 73.2 Å². The third-order valence-corrected chi connectivity index (χ3v) is 6.31. The van der Waals surface area contributed by atoms with Crippen molar-refractivity contribution >= 4 is 25.8 Å². The minimum absolute atomic E-state index is 0.383. The standard InChI is InChI=1S/C12H22BrN3O3S/c1-12(2,20(5,17)18)11(14-3)10-9(13)8-15-16(10)6-7-19-4/h8,11,14H,6-7H2,1-5H3. The predicted molar refractivity (Wildman–Crippen MR) is 82.5 cm³/mol. The molecular formula is C12H22BrN3O3S. The highest BCUT2D eigenvalue weighted by atomic mass is 79.9. The Balaban J connectivity index is 3.29. The van der Waals surface area contributed by atoms with Crippen molar-refractivity contribution in [2.24, 2.45) is 0 Å². The zero-order valence-corrected chi connectivity index (χ0v) is 14.9. The molecule has 6 nitrogen and oxygen atoms in total. The van der Waals surface area contributed by atoms with Crippen LogP contribution >= 0.6 is 15.9 Å². The minimum atomic E-state index is -3.25. The fourth-order valence-corrected chi connectivity index (χ4v) is 3.23. The summed E-state index contributed by atoms with van der Waals surface area (Å²) < 4.78 is 30.8. The Labute approximate surface area is 128 Å². The Morgan fingerprint density at radius 3 is 2.60 bits per heavy atom. The van der Waals surface area contributed by atoms with E-state index >= 15 is 0 Å². The van der Waals surface area contributed by atoms with Crippen LogP contribution < -0.4 is 5.32 Å². The van der Waals surface area contributed by atoms with Gasteiger partial charge in [0.05, 0.1) is 40.3 Å². The van der Waals surface area contributed by atoms with E-state index in [2.05, 4.69) is 26.3 Å². The maximum absolute atomic E-state index is 12.1. The molecule has 116 valence electrons. The van der Waals surface area contributed by atoms with Crippen molar-refractivity contribution < 1.29 is 13.2 Å². The highest BCUT2D eigenvalue weighted by molar-refractivity contribution is 9.10. The van der Waals surface area contributed by atoms with Crippen molar-refractivity contribution in [1.82, 2.24) is 15.1 Å². The molecule has 1 aromatic rings. The highest BCUT2D eigenvalue weighted by Gasteiger charge is 2.41. The van der Waals surface area contributed by atoms with Gasteiger partial charge in [-0.25, -0.2) is 8.42 Å². The van der Waals surface area contributed by atoms with E-state index < -0.39 is 14.6 Å². The Morgan fingerprint density at radius 1 is 1.55 bits per heavy atom. The number of methoxy groups -OCH3 is 1. The maximum Gasteiger partial charge on any atom is 0.154 e. The summed E-state index contributed by atoms with van der Waals surface area (Å²) in [5.41, 5.74) is 0.806. The van der Waals surface area contributed by atoms with Crippen LogP contribution in [0.25, 0.3) is 0 Å². The maximum atomic E-state index is 12.1. The van der Waals surface area contributed by atoms with Gasteiger partial charge in [0.15, 0.2) is 9.84 Å². The molecule has 1 atom stereocenters. The number of ether oxygens (including phenoxy) is 1. The normalized spacial score (nSPS) is 14.5. The quantitative estimate of drug-likeness (QED) is 0.787. The first-order valence-electron chi connectivity index (χ1n) is 6.23. The van der Waals surface area contributed by atoms with Crippen LogP contribution in [0.15, 0.2) is 10.7 Å². The van der Waals surface area contributed by atoms with E-state index in [4.69, 9.17) is 4.74 Å². The molecule has 0 aromatic carbocycles. The summed E-state index contributed by atoms with van der Waals surface area (Å²) in [4.78, 5) is 0. The lowest BCUT2D eigenvalue weighted by molar-refractivity contribution is 0.181. The number of nitrogens with one attached hydrogen (secondary N) is 1. The van der Waals surface area contributed by atoms with Gasteiger partial charge >= 0.3 is 0 Å². The first-order chi connectivity index (χ1) is 9.16. The molecule has 1 aromatic heterocycles. The number of halogens is 1. The van der Waals surface area contributed by atoms with Crippen LogP contribution in [0.3, 0.4) is 0 Å². The molecule has 1 N–H and O–H groups in total. The molecule has 1 rings (SSSR count). The lowest BCUT2D eigenvalue weighted by Gasteiger charge is -2.33. The van der Waals surface area contributed by atoms with E-state index in [9.17, 15) is 8.42 Å². The van der Waals surface area contributed by atoms with Gasteiger partial charge in [-0.2, -0.15) is 5.10 Å². The third-order valence-electron chi connectivity index (χ3n) is 3.55. The lowest BCUT2D eigenvalue weighted by atomic mass is 10.00. The molecule has 0 fully saturated rings. The zero-order chi connectivity index (χ0) is 15.6. The number of hydrogen-bond donors (Lipinski definition) is 1. The van der Waals surface area contributed by atoms with Crippen molar-refractivity contribution in [2.75, 3.05) is 27.0 Å². The van der Waals surface area contributed by atoms with E-state index in [0.29, 0.717) is 13.2 Å². The molecule has 0 amide bonds. The van der Waals surface area contributed by atoms with Crippen LogP contribution in [0.4, 0.5) is 0 Å². The smallest absolute Gasteiger partial charge is 0.154 e. The third kappa shape index (κ3) is 3.41. The van der Waals surface area contributed by atoms with Crippen molar-refractivity contribution in [3.05, 3.63) is 16.4 Å². The molecule has 1 unspecified atom stereocenters. The van der Waals surface area contributed by atoms with Crippen LogP contribution in [0, 0.1) is 0 Å². The van der Waals surface area contributed by atoms with Crippen LogP contribution in [0.2, 0.25) is 0 Å². The van der Waals surface area contributed by atoms with Gasteiger partial charge in [0.25, 0.3) is 0 Å². The van der Waals surface area contributed by atoms with Crippen LogP contribution in [-0.2, 0) is 21.1 Å². The zero-order valence-electron chi connectivity index (χ0n) is 12.5. The van der Waals surface area contributed by atoms with E-state index in [1.165, 1.54) is 6.26 Å². The van der Waals surface area contributed by atoms with Crippen LogP contribution in [-0.4, -0.2) is 50.0 Å². The van der Waals surface area contributed by atoms with Gasteiger partial charge in [-0.1, -0.05) is 0 Å². The van der Waals surface area contributed by atoms with E-state index in [1.54, 1.807) is 38.9 Å². The molecule has 20 heavy (non-hydrogen) atoms. The molecule has 0 aliphatic heterocycles. The number of rotatable bonds is 7. The lowest BCUT2D eigenvalue weighted by Crippen LogP contribution is -2.45. The first-order valence-corrected chi connectivity index (χ1v) is 8.92. The van der Waals surface area contributed by atoms with Crippen molar-refractivity contribution in [2.45, 2.75) is 31.2 Å². The average Bonchev–Trinajstić information content (AvgIpc) is 2.68. The minimum Gasteiger partial charge on any atom is -0.383 e. The summed E-state index contributed by atoms with van der Waals surface area (Å²) in [7, 11) is 0.118. The Hall–Kier alpha value is -0.440. The molecule has 0 bridgehead atoms. The molecule has 8 heteroatoms. The average molecular weight is 368 g/mol. The Kier molecular flexibility index (Phi) is 5.77. The van der Waals surface area contributed by atoms with Gasteiger partial charge in [-0.3, -0.25) is 4.68 Å². The molecule has 0 aliphatic rings. The number of hydrogen-bond acceptors (Lipinski definition) is 5. The monoisotopic (exact) mass is 367 g/mol. The summed E-state index contributed by atoms with van der Waals surface area (Å²) in [6.45, 7) is 4.50. The summed E-state index contributed by atoms with van der Waals surface area (Å²) in [5.74, 6) is 0. The molecule has 0 spiro atoms. The van der Waals surface area contributed by atoms with Gasteiger partial charge < -0.3 is 10.1 Å². The molecular weight excluding hydrogens is 346 g/mol. The van der Waals surface area contributed by atoms with Crippen molar-refractivity contribution in [1.29, 1.82) is 0 Å². The second-order valence-corrected chi connectivity index (χ2v) is 8.64. The SMILES string of the molecule is CNC(c1c(Br)cnn1CCOC)C(C)(C)S(C)(=O)=O. The summed E-state index contributed by atoms with van der Waals surface area (Å²) in [6.07, 6.45) is 2.93. The molecule has 0 aliphatic carbocycles. The van der Waals surface area contributed by atoms with Gasteiger partial charge in [-0.05, 0) is 36.8 Å². The molecule has 0 radical (unpaired) electrons. The van der Waals surface area contributed by atoms with Crippen LogP contribution in [0.5, 0.6) is 0 Å². The molecule has 1 heterocycles. The van der Waals surface area contributed by atoms with E-state index in [-0.39, 0.29) is 6.04 Å². The Bertz CT molecular complexity index is 554. The number of sulfone groups is 1. The summed E-state index contributed by atoms with van der Waals surface area (Å²) >= 11 is 3.45. The number of nitrogens with zero attached hydrogens (tertiary/aromatic N) is 2. The van der Waals surface area contributed by atoms with Gasteiger partial charge in [0.1, 0.15) is 0 Å². The second-order valence-electron chi connectivity index (χ2n) is 5.19. The fraction of sp³-hybridized carbons (Fsp3) is 0.750. The van der Waals surface area contributed by atoms with Gasteiger partial charge in [-0.15, -0.1) is 0 Å². The highest BCUT2D eigenvalue weighted by Crippen LogP contribution is 2.35. The molecule has 0 saturated heterocycles. The summed E-state index contributed by atoms with van der Waals surface area (Å²) in [6, 6.07) is -0.383. The van der Waals surface area contributed by atoms with Gasteiger partial charge in [0.2, 0.25) is 0 Å². The largest absolute Gasteiger partial charge is 0.383 e. The van der Waals surface area contributed by atoms with Crippen LogP contribution in [0.1, 0.15) is 25.6 Å². The summed E-state index contributed by atoms with van der Waals surface area (Å²) in [5, 5.41) is 7.37. The number of aromatic nitrogens is 2. The Morgan fingerprint density at radius 2 is 2.15 bits per heavy atom. The second kappa shape index (κ2) is 6.55. The van der Waals surface area contributed by atoms with Crippen molar-refractivity contribution in [3.8, 4) is 0 Å². The van der Waals surface area contributed by atoms with Gasteiger partial charge in [0, 0.05) is 13.4 Å². The van der Waals surface area contributed by atoms with E-state index in [0.717, 1.165) is 10.2 Å². The predicted octanol–water partition coefficient (Wildman–Crippen LogP) is 1.38. The van der Waals surface area contributed by atoms with E-state index in [1.807, 2.05) is 0 Å². The fourth-order valence-electron chi connectivity index (χ4n) is 2.04. The van der Waals surface area contributed by atoms with Crippen molar-refractivity contribution in [3.63, 3.8) is 0 Å². The molecule has 0 saturated carbocycles. The first kappa shape index (κ1) is 17.6.